The smallest absolute Gasteiger partial charge is 0.251 e. The van der Waals surface area contributed by atoms with Crippen molar-refractivity contribution in [3.63, 3.8) is 0 Å². The van der Waals surface area contributed by atoms with Crippen molar-refractivity contribution < 1.29 is 9.59 Å². The minimum Gasteiger partial charge on any atom is -0.366 e. The van der Waals surface area contributed by atoms with Crippen LogP contribution in [0.5, 0.6) is 0 Å². The van der Waals surface area contributed by atoms with Crippen LogP contribution in [0, 0.1) is 0 Å². The molecule has 0 aliphatic carbocycles. The number of nitrogens with one attached hydrogen (secondary N) is 2. The van der Waals surface area contributed by atoms with Crippen LogP contribution in [0.25, 0.3) is 16.6 Å². The molecule has 4 N–H and O–H groups in total. The SMILES string of the molecule is NC(=O)c1cccc2cn(-c3cccc(C(=O)NC4CCNCC4)c3)nc12. The standard InChI is InChI=1S/C20H21N5O2/c21-19(26)17-6-2-4-14-12-25(24-18(14)17)16-5-1-3-13(11-16)20(27)23-15-7-9-22-10-8-15/h1-6,11-12,15,22H,7-10H2,(H2,21,26)(H,23,27). The van der Waals surface area contributed by atoms with Gasteiger partial charge in [0.25, 0.3) is 11.8 Å². The van der Waals surface area contributed by atoms with Gasteiger partial charge in [-0.05, 0) is 50.2 Å². The second-order valence-electron chi connectivity index (χ2n) is 6.73. The zero-order chi connectivity index (χ0) is 18.8. The molecule has 1 aliphatic rings. The number of rotatable bonds is 4. The third-order valence-electron chi connectivity index (χ3n) is 4.85. The average Bonchev–Trinajstić information content (AvgIpc) is 3.13. The van der Waals surface area contributed by atoms with Crippen LogP contribution in [-0.4, -0.2) is 40.7 Å². The second-order valence-corrected chi connectivity index (χ2v) is 6.73. The maximum atomic E-state index is 12.6. The summed E-state index contributed by atoms with van der Waals surface area (Å²) in [5.74, 6) is -0.598. The van der Waals surface area contributed by atoms with Crippen molar-refractivity contribution in [3.8, 4) is 5.69 Å². The molecule has 0 spiro atoms. The number of hydrogen-bond donors (Lipinski definition) is 3. The summed E-state index contributed by atoms with van der Waals surface area (Å²) in [6, 6.07) is 12.8. The minimum absolute atomic E-state index is 0.0849. The molecule has 7 heteroatoms. The first kappa shape index (κ1) is 17.2. The Hall–Kier alpha value is -3.19. The Morgan fingerprint density at radius 3 is 2.70 bits per heavy atom. The van der Waals surface area contributed by atoms with Crippen LogP contribution in [-0.2, 0) is 0 Å². The number of fused-ring (bicyclic) bond motifs is 1. The van der Waals surface area contributed by atoms with Gasteiger partial charge in [0.2, 0.25) is 0 Å². The molecule has 2 aromatic carbocycles. The lowest BCUT2D eigenvalue weighted by Crippen LogP contribution is -2.42. The molecule has 3 aromatic rings. The van der Waals surface area contributed by atoms with E-state index in [4.69, 9.17) is 5.73 Å². The highest BCUT2D eigenvalue weighted by atomic mass is 16.2. The van der Waals surface area contributed by atoms with Crippen molar-refractivity contribution >= 4 is 22.7 Å². The molecule has 0 unspecified atom stereocenters. The Kier molecular flexibility index (Phi) is 4.60. The van der Waals surface area contributed by atoms with Gasteiger partial charge in [-0.2, -0.15) is 5.10 Å². The Bertz CT molecular complexity index is 1000. The van der Waals surface area contributed by atoms with Gasteiger partial charge < -0.3 is 16.4 Å². The normalized spacial score (nSPS) is 15.0. The molecular formula is C20H21N5O2. The lowest BCUT2D eigenvalue weighted by molar-refractivity contribution is 0.0928. The van der Waals surface area contributed by atoms with Crippen LogP contribution >= 0.6 is 0 Å². The minimum atomic E-state index is -0.513. The third-order valence-corrected chi connectivity index (χ3v) is 4.85. The number of nitrogens with zero attached hydrogens (tertiary/aromatic N) is 2. The molecule has 138 valence electrons. The molecule has 0 radical (unpaired) electrons. The number of hydrogen-bond acceptors (Lipinski definition) is 4. The van der Waals surface area contributed by atoms with Gasteiger partial charge in [0.05, 0.1) is 11.3 Å². The highest BCUT2D eigenvalue weighted by molar-refractivity contribution is 6.04. The molecule has 1 saturated heterocycles. The van der Waals surface area contributed by atoms with E-state index in [1.807, 2.05) is 24.4 Å². The summed E-state index contributed by atoms with van der Waals surface area (Å²) in [5.41, 5.74) is 7.70. The van der Waals surface area contributed by atoms with Gasteiger partial charge in [0.1, 0.15) is 5.52 Å². The largest absolute Gasteiger partial charge is 0.366 e. The highest BCUT2D eigenvalue weighted by Gasteiger charge is 2.17. The van der Waals surface area contributed by atoms with E-state index in [1.165, 1.54) is 0 Å². The van der Waals surface area contributed by atoms with Crippen molar-refractivity contribution in [2.75, 3.05) is 13.1 Å². The number of carbonyl (C=O) groups excluding carboxylic acids is 2. The van der Waals surface area contributed by atoms with E-state index in [0.29, 0.717) is 16.6 Å². The fraction of sp³-hybridized carbons (Fsp3) is 0.250. The summed E-state index contributed by atoms with van der Waals surface area (Å²) >= 11 is 0. The Morgan fingerprint density at radius 1 is 1.15 bits per heavy atom. The van der Waals surface area contributed by atoms with Gasteiger partial charge in [-0.15, -0.1) is 0 Å². The van der Waals surface area contributed by atoms with E-state index < -0.39 is 5.91 Å². The molecule has 0 bridgehead atoms. The van der Waals surface area contributed by atoms with Crippen LogP contribution in [0.4, 0.5) is 0 Å². The molecule has 2 amide bonds. The average molecular weight is 363 g/mol. The van der Waals surface area contributed by atoms with E-state index >= 15 is 0 Å². The fourth-order valence-corrected chi connectivity index (χ4v) is 3.40. The molecule has 1 aromatic heterocycles. The topological polar surface area (TPSA) is 102 Å². The third kappa shape index (κ3) is 3.54. The number of nitrogens with two attached hydrogens (primary N) is 1. The van der Waals surface area contributed by atoms with Crippen LogP contribution in [0.2, 0.25) is 0 Å². The fourth-order valence-electron chi connectivity index (χ4n) is 3.40. The quantitative estimate of drug-likeness (QED) is 0.655. The first-order chi connectivity index (χ1) is 13.1. The first-order valence-corrected chi connectivity index (χ1v) is 9.02. The maximum Gasteiger partial charge on any atom is 0.251 e. The molecule has 0 saturated carbocycles. The zero-order valence-corrected chi connectivity index (χ0v) is 14.8. The first-order valence-electron chi connectivity index (χ1n) is 9.02. The van der Waals surface area contributed by atoms with Crippen LogP contribution in [0.15, 0.2) is 48.7 Å². The monoisotopic (exact) mass is 363 g/mol. The molecular weight excluding hydrogens is 342 g/mol. The number of primary amides is 1. The predicted molar refractivity (Wildman–Crippen MR) is 103 cm³/mol. The lowest BCUT2D eigenvalue weighted by Gasteiger charge is -2.23. The second kappa shape index (κ2) is 7.20. The van der Waals surface area contributed by atoms with E-state index in [0.717, 1.165) is 37.0 Å². The molecule has 1 aliphatic heterocycles. The van der Waals surface area contributed by atoms with E-state index in [-0.39, 0.29) is 11.9 Å². The summed E-state index contributed by atoms with van der Waals surface area (Å²) in [4.78, 5) is 24.2. The Balaban J connectivity index is 1.62. The van der Waals surface area contributed by atoms with Gasteiger partial charge in [-0.25, -0.2) is 4.68 Å². The number of amides is 2. The number of aromatic nitrogens is 2. The van der Waals surface area contributed by atoms with Gasteiger partial charge in [-0.3, -0.25) is 9.59 Å². The maximum absolute atomic E-state index is 12.6. The van der Waals surface area contributed by atoms with Crippen molar-refractivity contribution in [1.29, 1.82) is 0 Å². The molecule has 4 rings (SSSR count). The number of carbonyl (C=O) groups is 2. The van der Waals surface area contributed by atoms with Crippen LogP contribution < -0.4 is 16.4 Å². The highest BCUT2D eigenvalue weighted by Crippen LogP contribution is 2.20. The van der Waals surface area contributed by atoms with E-state index in [2.05, 4.69) is 15.7 Å². The van der Waals surface area contributed by atoms with Gasteiger partial charge >= 0.3 is 0 Å². The number of piperidine rings is 1. The van der Waals surface area contributed by atoms with Crippen molar-refractivity contribution in [1.82, 2.24) is 20.4 Å². The van der Waals surface area contributed by atoms with Crippen molar-refractivity contribution in [2.24, 2.45) is 5.73 Å². The summed E-state index contributed by atoms with van der Waals surface area (Å²) in [6.07, 6.45) is 3.70. The van der Waals surface area contributed by atoms with E-state index in [1.54, 1.807) is 28.9 Å². The van der Waals surface area contributed by atoms with Crippen LogP contribution in [0.3, 0.4) is 0 Å². The predicted octanol–water partition coefficient (Wildman–Crippen LogP) is 1.61. The van der Waals surface area contributed by atoms with Gasteiger partial charge in [-0.1, -0.05) is 18.2 Å². The molecule has 0 atom stereocenters. The summed E-state index contributed by atoms with van der Waals surface area (Å²) in [6.45, 7) is 1.85. The van der Waals surface area contributed by atoms with Crippen LogP contribution in [0.1, 0.15) is 33.6 Å². The Morgan fingerprint density at radius 2 is 1.93 bits per heavy atom. The summed E-state index contributed by atoms with van der Waals surface area (Å²) < 4.78 is 1.67. The molecule has 1 fully saturated rings. The molecule has 2 heterocycles. The van der Waals surface area contributed by atoms with Crippen molar-refractivity contribution in [2.45, 2.75) is 18.9 Å². The zero-order valence-electron chi connectivity index (χ0n) is 14.8. The summed E-state index contributed by atoms with van der Waals surface area (Å²) in [5, 5.41) is 11.7. The molecule has 27 heavy (non-hydrogen) atoms. The van der Waals surface area contributed by atoms with Gasteiger partial charge in [0, 0.05) is 23.2 Å². The lowest BCUT2D eigenvalue weighted by atomic mass is 10.1. The van der Waals surface area contributed by atoms with Gasteiger partial charge in [0.15, 0.2) is 0 Å². The molecule has 7 nitrogen and oxygen atoms in total. The number of benzene rings is 2. The Labute approximate surface area is 156 Å². The van der Waals surface area contributed by atoms with E-state index in [9.17, 15) is 9.59 Å². The van der Waals surface area contributed by atoms with Crippen molar-refractivity contribution in [3.05, 3.63) is 59.8 Å². The summed E-state index contributed by atoms with van der Waals surface area (Å²) in [7, 11) is 0.